The maximum atomic E-state index is 12.9. The van der Waals surface area contributed by atoms with Crippen LogP contribution in [0.3, 0.4) is 0 Å². The summed E-state index contributed by atoms with van der Waals surface area (Å²) in [6.07, 6.45) is -0.435. The Bertz CT molecular complexity index is 1420. The molecule has 6 heteroatoms. The molecular formula is C30H26ClN3O2. The van der Waals surface area contributed by atoms with E-state index < -0.39 is 6.17 Å². The fourth-order valence-corrected chi connectivity index (χ4v) is 4.55. The van der Waals surface area contributed by atoms with Crippen LogP contribution in [-0.4, -0.2) is 11.6 Å². The van der Waals surface area contributed by atoms with Crippen LogP contribution in [0.2, 0.25) is 5.02 Å². The largest absolute Gasteiger partial charge is 0.488 e. The Morgan fingerprint density at radius 1 is 0.889 bits per heavy atom. The molecule has 1 aliphatic heterocycles. The number of ether oxygens (including phenoxy) is 1. The van der Waals surface area contributed by atoms with Crippen molar-refractivity contribution in [2.45, 2.75) is 26.6 Å². The molecule has 0 radical (unpaired) electrons. The van der Waals surface area contributed by atoms with Gasteiger partial charge in [0, 0.05) is 28.8 Å². The number of nitrogens with zero attached hydrogens (tertiary/aromatic N) is 3. The Hall–Kier alpha value is -4.09. The van der Waals surface area contributed by atoms with Gasteiger partial charge in [-0.3, -0.25) is 9.69 Å². The molecule has 1 atom stereocenters. The van der Waals surface area contributed by atoms with Crippen LogP contribution in [0.1, 0.15) is 29.8 Å². The van der Waals surface area contributed by atoms with E-state index in [-0.39, 0.29) is 5.78 Å². The van der Waals surface area contributed by atoms with Gasteiger partial charge in [0.05, 0.1) is 5.69 Å². The molecule has 0 fully saturated rings. The van der Waals surface area contributed by atoms with Crippen molar-refractivity contribution < 1.29 is 9.53 Å². The quantitative estimate of drug-likeness (QED) is 0.273. The first-order valence-electron chi connectivity index (χ1n) is 11.8. The molecule has 1 heterocycles. The van der Waals surface area contributed by atoms with Gasteiger partial charge in [0.1, 0.15) is 12.4 Å². The highest BCUT2D eigenvalue weighted by atomic mass is 35.5. The monoisotopic (exact) mass is 495 g/mol. The summed E-state index contributed by atoms with van der Waals surface area (Å²) >= 11 is 6.38. The molecule has 4 aromatic rings. The lowest BCUT2D eigenvalue weighted by atomic mass is 10.1. The average Bonchev–Trinajstić information content (AvgIpc) is 3.30. The van der Waals surface area contributed by atoms with Gasteiger partial charge in [-0.25, -0.2) is 5.01 Å². The van der Waals surface area contributed by atoms with E-state index in [4.69, 9.17) is 21.4 Å². The number of para-hydroxylation sites is 2. The van der Waals surface area contributed by atoms with E-state index >= 15 is 0 Å². The van der Waals surface area contributed by atoms with Crippen LogP contribution < -0.4 is 14.6 Å². The molecule has 0 N–H and O–H groups in total. The predicted octanol–water partition coefficient (Wildman–Crippen LogP) is 7.16. The van der Waals surface area contributed by atoms with Crippen molar-refractivity contribution in [1.82, 2.24) is 0 Å². The second-order valence-electron chi connectivity index (χ2n) is 8.66. The summed E-state index contributed by atoms with van der Waals surface area (Å²) in [5.41, 5.74) is 4.63. The van der Waals surface area contributed by atoms with Crippen LogP contribution in [-0.2, 0) is 11.4 Å². The molecular weight excluding hydrogens is 470 g/mol. The van der Waals surface area contributed by atoms with Gasteiger partial charge < -0.3 is 4.74 Å². The summed E-state index contributed by atoms with van der Waals surface area (Å²) in [6.45, 7) is 3.90. The van der Waals surface area contributed by atoms with Crippen molar-refractivity contribution >= 4 is 34.6 Å². The van der Waals surface area contributed by atoms with Crippen LogP contribution in [0.25, 0.3) is 0 Å². The molecule has 0 saturated carbocycles. The minimum atomic E-state index is -0.435. The second-order valence-corrected chi connectivity index (χ2v) is 9.07. The minimum absolute atomic E-state index is 0.116. The number of rotatable bonds is 7. The zero-order chi connectivity index (χ0) is 25.1. The van der Waals surface area contributed by atoms with Gasteiger partial charge in [-0.1, -0.05) is 78.3 Å². The summed E-state index contributed by atoms with van der Waals surface area (Å²) in [7, 11) is 0. The third-order valence-corrected chi connectivity index (χ3v) is 6.43. The first kappa shape index (κ1) is 23.6. The zero-order valence-corrected chi connectivity index (χ0v) is 20.9. The van der Waals surface area contributed by atoms with E-state index in [2.05, 4.69) is 6.07 Å². The molecule has 180 valence electrons. The van der Waals surface area contributed by atoms with Crippen molar-refractivity contribution in [3.8, 4) is 5.75 Å². The van der Waals surface area contributed by atoms with Gasteiger partial charge >= 0.3 is 0 Å². The van der Waals surface area contributed by atoms with Crippen molar-refractivity contribution in [3.05, 3.63) is 125 Å². The smallest absolute Gasteiger partial charge is 0.198 e. The molecule has 1 aliphatic rings. The highest BCUT2D eigenvalue weighted by Gasteiger charge is 2.40. The molecule has 4 aromatic carbocycles. The van der Waals surface area contributed by atoms with E-state index in [1.807, 2.05) is 114 Å². The van der Waals surface area contributed by atoms with E-state index in [9.17, 15) is 4.79 Å². The summed E-state index contributed by atoms with van der Waals surface area (Å²) in [5, 5.41) is 7.37. The van der Waals surface area contributed by atoms with Crippen LogP contribution in [0.15, 0.2) is 108 Å². The molecule has 5 nitrogen and oxygen atoms in total. The molecule has 0 unspecified atom stereocenters. The Balaban J connectivity index is 1.62. The second kappa shape index (κ2) is 10.3. The number of Topliss-reactive ketones (excluding diaryl/α,β-unsaturated/α-hetero) is 1. The van der Waals surface area contributed by atoms with Crippen LogP contribution in [0.4, 0.5) is 11.4 Å². The number of halogens is 1. The standard InChI is InChI=1S/C30H26ClN3O2/c1-21-11-10-15-25(19-21)33-29(22(2)35)32-34(24-13-4-3-5-14-24)30(33)26-16-7-9-18-28(26)36-20-23-12-6-8-17-27(23)31/h3-19,30H,20H2,1-2H3/t30-/m1/s1. The Morgan fingerprint density at radius 3 is 2.33 bits per heavy atom. The number of anilines is 2. The van der Waals surface area contributed by atoms with E-state index in [1.54, 1.807) is 6.92 Å². The van der Waals surface area contributed by atoms with Gasteiger partial charge in [0.2, 0.25) is 0 Å². The zero-order valence-electron chi connectivity index (χ0n) is 20.1. The van der Waals surface area contributed by atoms with Crippen LogP contribution in [0, 0.1) is 6.92 Å². The Kier molecular flexibility index (Phi) is 6.74. The number of carbonyl (C=O) groups is 1. The molecule has 0 aliphatic carbocycles. The molecule has 0 amide bonds. The van der Waals surface area contributed by atoms with Crippen molar-refractivity contribution in [2.24, 2.45) is 5.10 Å². The van der Waals surface area contributed by atoms with E-state index in [1.165, 1.54) is 0 Å². The molecule has 0 bridgehead atoms. The van der Waals surface area contributed by atoms with Crippen LogP contribution in [0.5, 0.6) is 5.75 Å². The topological polar surface area (TPSA) is 45.1 Å². The van der Waals surface area contributed by atoms with Gasteiger partial charge in [-0.15, -0.1) is 5.10 Å². The summed E-state index contributed by atoms with van der Waals surface area (Å²) in [4.78, 5) is 14.8. The lowest BCUT2D eigenvalue weighted by Gasteiger charge is -2.33. The number of carbonyl (C=O) groups excluding carboxylic acids is 1. The molecule has 0 aromatic heterocycles. The predicted molar refractivity (Wildman–Crippen MR) is 146 cm³/mol. The fraction of sp³-hybridized carbons (Fsp3) is 0.133. The lowest BCUT2D eigenvalue weighted by molar-refractivity contribution is -0.111. The summed E-state index contributed by atoms with van der Waals surface area (Å²) in [6, 6.07) is 33.5. The van der Waals surface area contributed by atoms with Gasteiger partial charge in [0.25, 0.3) is 0 Å². The van der Waals surface area contributed by atoms with Crippen molar-refractivity contribution in [3.63, 3.8) is 0 Å². The highest BCUT2D eigenvalue weighted by Crippen LogP contribution is 2.42. The third kappa shape index (κ3) is 4.70. The first-order chi connectivity index (χ1) is 17.5. The molecule has 0 saturated heterocycles. The number of aryl methyl sites for hydroxylation is 1. The van der Waals surface area contributed by atoms with Crippen LogP contribution >= 0.6 is 11.6 Å². The maximum absolute atomic E-state index is 12.9. The fourth-order valence-electron chi connectivity index (χ4n) is 4.36. The third-order valence-electron chi connectivity index (χ3n) is 6.06. The maximum Gasteiger partial charge on any atom is 0.198 e. The number of amidine groups is 1. The van der Waals surface area contributed by atoms with E-state index in [0.29, 0.717) is 23.2 Å². The normalized spacial score (nSPS) is 15.1. The average molecular weight is 496 g/mol. The number of ketones is 1. The summed E-state index contributed by atoms with van der Waals surface area (Å²) < 4.78 is 6.33. The molecule has 0 spiro atoms. The first-order valence-corrected chi connectivity index (χ1v) is 12.2. The molecule has 5 rings (SSSR count). The van der Waals surface area contributed by atoms with Gasteiger partial charge in [-0.2, -0.15) is 0 Å². The minimum Gasteiger partial charge on any atom is -0.488 e. The van der Waals surface area contributed by atoms with Gasteiger partial charge in [-0.05, 0) is 48.9 Å². The Labute approximate surface area is 216 Å². The number of hydrogen-bond donors (Lipinski definition) is 0. The lowest BCUT2D eigenvalue weighted by Crippen LogP contribution is -2.38. The van der Waals surface area contributed by atoms with E-state index in [0.717, 1.165) is 28.1 Å². The highest BCUT2D eigenvalue weighted by molar-refractivity contribution is 6.44. The number of hydrogen-bond acceptors (Lipinski definition) is 5. The number of hydrazone groups is 1. The summed E-state index contributed by atoms with van der Waals surface area (Å²) in [5.74, 6) is 0.950. The van der Waals surface area contributed by atoms with Crippen molar-refractivity contribution in [1.29, 1.82) is 0 Å². The SMILES string of the molecule is CC(=O)C1=NN(c2ccccc2)[C@H](c2ccccc2OCc2ccccc2Cl)N1c1cccc(C)c1. The van der Waals surface area contributed by atoms with Gasteiger partial charge in [0.15, 0.2) is 17.8 Å². The number of benzene rings is 4. The Morgan fingerprint density at radius 2 is 1.58 bits per heavy atom. The van der Waals surface area contributed by atoms with Crippen molar-refractivity contribution in [2.75, 3.05) is 9.91 Å². The molecule has 36 heavy (non-hydrogen) atoms.